The minimum absolute atomic E-state index is 0.0452. The van der Waals surface area contributed by atoms with E-state index < -0.39 is 35.0 Å². The molecule has 0 unspecified atom stereocenters. The molecule has 0 saturated heterocycles. The Hall–Kier alpha value is -3.15. The van der Waals surface area contributed by atoms with Crippen LogP contribution in [0.5, 0.6) is 11.5 Å². The van der Waals surface area contributed by atoms with Gasteiger partial charge in [-0.1, -0.05) is 17.5 Å². The zero-order chi connectivity index (χ0) is 18.8. The summed E-state index contributed by atoms with van der Waals surface area (Å²) in [6.45, 7) is -0.997. The van der Waals surface area contributed by atoms with E-state index in [4.69, 9.17) is 27.9 Å². The number of aliphatic hydroxyl groups excluding tert-OH is 1. The van der Waals surface area contributed by atoms with Gasteiger partial charge in [0.15, 0.2) is 23.9 Å². The van der Waals surface area contributed by atoms with E-state index in [-0.39, 0.29) is 28.5 Å². The molecule has 1 aromatic carbocycles. The second-order valence-electron chi connectivity index (χ2n) is 5.05. The lowest BCUT2D eigenvalue weighted by Crippen LogP contribution is -2.23. The number of aromatic nitrogens is 3. The van der Waals surface area contributed by atoms with Crippen LogP contribution in [0.3, 0.4) is 0 Å². The second-order valence-corrected chi connectivity index (χ2v) is 5.46. The quantitative estimate of drug-likeness (QED) is 0.534. The van der Waals surface area contributed by atoms with Crippen LogP contribution in [0.4, 0.5) is 4.39 Å². The van der Waals surface area contributed by atoms with Gasteiger partial charge in [0.2, 0.25) is 0 Å². The number of rotatable bonds is 4. The predicted octanol–water partition coefficient (Wildman–Crippen LogP) is 1.92. The Labute approximate surface area is 151 Å². The lowest BCUT2D eigenvalue weighted by molar-refractivity contribution is 0.0988. The van der Waals surface area contributed by atoms with Crippen LogP contribution in [-0.4, -0.2) is 31.5 Å². The molecule has 0 spiro atoms. The number of pyridine rings is 1. The first-order valence-electron chi connectivity index (χ1n) is 7.23. The Morgan fingerprint density at radius 2 is 2.04 bits per heavy atom. The molecule has 9 heteroatoms. The normalized spacial score (nSPS) is 10.7. The Bertz CT molecular complexity index is 1110. The van der Waals surface area contributed by atoms with Gasteiger partial charge in [0, 0.05) is 12.4 Å². The highest BCUT2D eigenvalue weighted by molar-refractivity contribution is 6.32. The van der Waals surface area contributed by atoms with Crippen LogP contribution >= 0.6 is 11.6 Å². The number of aromatic hydroxyl groups is 1. The van der Waals surface area contributed by atoms with Crippen molar-refractivity contribution in [3.8, 4) is 35.0 Å². The summed E-state index contributed by atoms with van der Waals surface area (Å²) in [6.07, 6.45) is 7.93. The highest BCUT2D eigenvalue weighted by Crippen LogP contribution is 2.41. The standard InChI is InChI=1S/C17H11ClFN3O4/c1-2-7-22-16-13(20-5-6-21-16)14(24)12(17(22)25)11-10(19)4-3-9(18)15(11)26-8-23/h1,3-6,23-24H,7-8H2. The molecule has 0 amide bonds. The van der Waals surface area contributed by atoms with E-state index in [1.807, 2.05) is 0 Å². The van der Waals surface area contributed by atoms with E-state index in [2.05, 4.69) is 15.9 Å². The molecular weight excluding hydrogens is 365 g/mol. The van der Waals surface area contributed by atoms with Crippen LogP contribution in [-0.2, 0) is 6.54 Å². The fourth-order valence-electron chi connectivity index (χ4n) is 2.58. The van der Waals surface area contributed by atoms with Gasteiger partial charge in [-0.25, -0.2) is 14.4 Å². The third-order valence-corrected chi connectivity index (χ3v) is 3.92. The highest BCUT2D eigenvalue weighted by Gasteiger charge is 2.26. The first-order chi connectivity index (χ1) is 12.5. The smallest absolute Gasteiger partial charge is 0.265 e. The lowest BCUT2D eigenvalue weighted by atomic mass is 10.0. The molecule has 26 heavy (non-hydrogen) atoms. The number of terminal acetylenes is 1. The van der Waals surface area contributed by atoms with Crippen molar-refractivity contribution >= 4 is 22.8 Å². The second kappa shape index (κ2) is 7.00. The number of aliphatic hydroxyl groups is 1. The predicted molar refractivity (Wildman–Crippen MR) is 92.4 cm³/mol. The van der Waals surface area contributed by atoms with Gasteiger partial charge in [-0.2, -0.15) is 0 Å². The summed E-state index contributed by atoms with van der Waals surface area (Å²) >= 11 is 6.00. The van der Waals surface area contributed by atoms with Crippen molar-refractivity contribution < 1.29 is 19.3 Å². The molecular formula is C17H11ClFN3O4. The molecule has 0 bridgehead atoms. The van der Waals surface area contributed by atoms with E-state index in [1.165, 1.54) is 18.5 Å². The maximum absolute atomic E-state index is 14.6. The molecule has 0 aliphatic rings. The number of halogens is 2. The highest BCUT2D eigenvalue weighted by atomic mass is 35.5. The molecule has 0 aliphatic carbocycles. The minimum Gasteiger partial charge on any atom is -0.505 e. The molecule has 0 aliphatic heterocycles. The van der Waals surface area contributed by atoms with Gasteiger partial charge in [-0.3, -0.25) is 9.36 Å². The van der Waals surface area contributed by atoms with Crippen molar-refractivity contribution in [2.45, 2.75) is 6.54 Å². The first-order valence-corrected chi connectivity index (χ1v) is 7.61. The molecule has 0 radical (unpaired) electrons. The maximum Gasteiger partial charge on any atom is 0.265 e. The van der Waals surface area contributed by atoms with Crippen molar-refractivity contribution in [2.75, 3.05) is 6.79 Å². The summed E-state index contributed by atoms with van der Waals surface area (Å²) in [7, 11) is 0. The largest absolute Gasteiger partial charge is 0.505 e. The summed E-state index contributed by atoms with van der Waals surface area (Å²) in [6, 6.07) is 2.20. The van der Waals surface area contributed by atoms with E-state index in [0.717, 1.165) is 10.6 Å². The zero-order valence-electron chi connectivity index (χ0n) is 13.1. The van der Waals surface area contributed by atoms with Gasteiger partial charge >= 0.3 is 0 Å². The maximum atomic E-state index is 14.6. The van der Waals surface area contributed by atoms with Crippen LogP contribution in [0.1, 0.15) is 0 Å². The topological polar surface area (TPSA) is 97.5 Å². The van der Waals surface area contributed by atoms with Crippen LogP contribution in [0.15, 0.2) is 29.3 Å². The molecule has 132 valence electrons. The monoisotopic (exact) mass is 375 g/mol. The molecule has 2 aromatic heterocycles. The number of hydrogen-bond acceptors (Lipinski definition) is 6. The molecule has 3 aromatic rings. The number of nitrogens with zero attached hydrogens (tertiary/aromatic N) is 3. The van der Waals surface area contributed by atoms with E-state index >= 15 is 0 Å². The van der Waals surface area contributed by atoms with Crippen molar-refractivity contribution in [3.05, 3.63) is 45.7 Å². The minimum atomic E-state index is -0.888. The average molecular weight is 376 g/mol. The van der Waals surface area contributed by atoms with E-state index in [9.17, 15) is 14.3 Å². The Morgan fingerprint density at radius 1 is 1.31 bits per heavy atom. The molecule has 7 nitrogen and oxygen atoms in total. The fraction of sp³-hybridized carbons (Fsp3) is 0.118. The number of fused-ring (bicyclic) bond motifs is 1. The van der Waals surface area contributed by atoms with Crippen LogP contribution in [0.25, 0.3) is 22.3 Å². The van der Waals surface area contributed by atoms with Gasteiger partial charge in [-0.15, -0.1) is 6.42 Å². The van der Waals surface area contributed by atoms with Gasteiger partial charge in [0.1, 0.15) is 11.3 Å². The van der Waals surface area contributed by atoms with E-state index in [1.54, 1.807) is 0 Å². The Kier molecular flexibility index (Phi) is 4.75. The SMILES string of the molecule is C#CCn1c(=O)c(-c2c(F)ccc(Cl)c2OCO)c(O)c2nccnc21. The molecule has 0 saturated carbocycles. The first kappa shape index (κ1) is 17.7. The number of hydrogen-bond donors (Lipinski definition) is 2. The lowest BCUT2D eigenvalue weighted by Gasteiger charge is -2.16. The number of ether oxygens (including phenoxy) is 1. The molecule has 3 rings (SSSR count). The summed E-state index contributed by atoms with van der Waals surface area (Å²) in [5.74, 6) is 0.519. The number of benzene rings is 1. The third kappa shape index (κ3) is 2.73. The Balaban J connectivity index is 2.51. The Morgan fingerprint density at radius 3 is 2.73 bits per heavy atom. The van der Waals surface area contributed by atoms with Gasteiger partial charge in [0.25, 0.3) is 5.56 Å². The van der Waals surface area contributed by atoms with Crippen molar-refractivity contribution in [1.29, 1.82) is 0 Å². The summed E-state index contributed by atoms with van der Waals surface area (Å²) in [5, 5.41) is 19.6. The average Bonchev–Trinajstić information content (AvgIpc) is 2.64. The zero-order valence-corrected chi connectivity index (χ0v) is 13.9. The van der Waals surface area contributed by atoms with Crippen LogP contribution < -0.4 is 10.3 Å². The van der Waals surface area contributed by atoms with E-state index in [0.29, 0.717) is 0 Å². The van der Waals surface area contributed by atoms with Crippen molar-refractivity contribution in [1.82, 2.24) is 14.5 Å². The van der Waals surface area contributed by atoms with Crippen molar-refractivity contribution in [3.63, 3.8) is 0 Å². The third-order valence-electron chi connectivity index (χ3n) is 3.62. The fourth-order valence-corrected chi connectivity index (χ4v) is 2.79. The van der Waals surface area contributed by atoms with Gasteiger partial charge in [0.05, 0.1) is 22.7 Å². The van der Waals surface area contributed by atoms with Crippen LogP contribution in [0.2, 0.25) is 5.02 Å². The molecule has 2 heterocycles. The van der Waals surface area contributed by atoms with Gasteiger partial charge < -0.3 is 14.9 Å². The van der Waals surface area contributed by atoms with Gasteiger partial charge in [-0.05, 0) is 12.1 Å². The molecule has 2 N–H and O–H groups in total. The summed E-state index contributed by atoms with van der Waals surface area (Å²) < 4.78 is 20.6. The molecule has 0 atom stereocenters. The van der Waals surface area contributed by atoms with Crippen molar-refractivity contribution in [2.24, 2.45) is 0 Å². The molecule has 0 fully saturated rings. The summed E-state index contributed by atoms with van der Waals surface area (Å²) in [5.41, 5.74) is -1.67. The summed E-state index contributed by atoms with van der Waals surface area (Å²) in [4.78, 5) is 20.9. The van der Waals surface area contributed by atoms with Crippen LogP contribution in [0, 0.1) is 18.2 Å².